The first-order chi connectivity index (χ1) is 6.49. The van der Waals surface area contributed by atoms with Crippen molar-refractivity contribution in [1.29, 1.82) is 0 Å². The summed E-state index contributed by atoms with van der Waals surface area (Å²) in [6.45, 7) is 3.77. The van der Waals surface area contributed by atoms with E-state index in [4.69, 9.17) is 23.2 Å². The lowest BCUT2D eigenvalue weighted by atomic mass is 10.2. The van der Waals surface area contributed by atoms with Crippen LogP contribution >= 0.6 is 23.2 Å². The highest BCUT2D eigenvalue weighted by atomic mass is 35.5. The molecular weight excluding hydrogens is 223 g/mol. The number of hydrogen-bond donors (Lipinski definition) is 1. The maximum Gasteiger partial charge on any atom is 0.258 e. The van der Waals surface area contributed by atoms with Crippen LogP contribution in [0, 0.1) is 13.8 Å². The summed E-state index contributed by atoms with van der Waals surface area (Å²) in [6, 6.07) is 3.66. The van der Waals surface area contributed by atoms with E-state index in [2.05, 4.69) is 10.3 Å². The summed E-state index contributed by atoms with van der Waals surface area (Å²) in [5.41, 5.74) is 1.86. The fraction of sp³-hybridized carbons (Fsp3) is 0.333. The van der Waals surface area contributed by atoms with Crippen molar-refractivity contribution in [1.82, 2.24) is 4.98 Å². The summed E-state index contributed by atoms with van der Waals surface area (Å²) in [4.78, 5) is 14.2. The van der Waals surface area contributed by atoms with Gasteiger partial charge in [-0.3, -0.25) is 4.79 Å². The van der Waals surface area contributed by atoms with Crippen molar-refractivity contribution >= 4 is 34.9 Å². The number of alkyl halides is 2. The number of aryl methyl sites for hydroxylation is 2. The van der Waals surface area contributed by atoms with Crippen molar-refractivity contribution in [2.75, 3.05) is 5.32 Å². The van der Waals surface area contributed by atoms with E-state index in [1.807, 2.05) is 19.9 Å². The van der Waals surface area contributed by atoms with Gasteiger partial charge in [-0.25, -0.2) is 4.98 Å². The molecule has 76 valence electrons. The van der Waals surface area contributed by atoms with E-state index in [1.165, 1.54) is 0 Å². The topological polar surface area (TPSA) is 42.0 Å². The number of hydrogen-bond acceptors (Lipinski definition) is 2. The average molecular weight is 233 g/mol. The van der Waals surface area contributed by atoms with Crippen LogP contribution in [0.1, 0.15) is 11.3 Å². The third-order valence-electron chi connectivity index (χ3n) is 1.55. The van der Waals surface area contributed by atoms with Gasteiger partial charge in [0.05, 0.1) is 0 Å². The number of pyridine rings is 1. The van der Waals surface area contributed by atoms with Gasteiger partial charge in [-0.05, 0) is 31.5 Å². The number of nitrogens with zero attached hydrogens (tertiary/aromatic N) is 1. The molecule has 1 aromatic heterocycles. The Hall–Kier alpha value is -0.800. The Morgan fingerprint density at radius 3 is 2.57 bits per heavy atom. The number of rotatable bonds is 2. The van der Waals surface area contributed by atoms with Crippen LogP contribution < -0.4 is 5.32 Å². The molecular formula is C9H10Cl2N2O. The van der Waals surface area contributed by atoms with E-state index in [1.54, 1.807) is 6.07 Å². The maximum atomic E-state index is 11.1. The van der Waals surface area contributed by atoms with Gasteiger partial charge < -0.3 is 5.32 Å². The number of aromatic nitrogens is 1. The molecule has 14 heavy (non-hydrogen) atoms. The third kappa shape index (κ3) is 3.16. The smallest absolute Gasteiger partial charge is 0.258 e. The normalized spacial score (nSPS) is 10.4. The molecule has 3 nitrogen and oxygen atoms in total. The highest BCUT2D eigenvalue weighted by Crippen LogP contribution is 2.11. The van der Waals surface area contributed by atoms with Crippen molar-refractivity contribution in [3.05, 3.63) is 23.4 Å². The molecule has 0 aliphatic carbocycles. The third-order valence-corrected chi connectivity index (χ3v) is 1.94. The molecule has 0 unspecified atom stereocenters. The fourth-order valence-corrected chi connectivity index (χ4v) is 1.20. The van der Waals surface area contributed by atoms with Gasteiger partial charge in [0.1, 0.15) is 5.82 Å². The van der Waals surface area contributed by atoms with Crippen molar-refractivity contribution < 1.29 is 4.79 Å². The molecule has 1 rings (SSSR count). The second kappa shape index (κ2) is 4.62. The summed E-state index contributed by atoms with van der Waals surface area (Å²) < 4.78 is 0. The van der Waals surface area contributed by atoms with Gasteiger partial charge in [-0.2, -0.15) is 0 Å². The molecule has 5 heteroatoms. The molecule has 0 bridgehead atoms. The van der Waals surface area contributed by atoms with E-state index in [0.717, 1.165) is 11.3 Å². The Labute approximate surface area is 92.4 Å². The summed E-state index contributed by atoms with van der Waals surface area (Å²) in [7, 11) is 0. The molecule has 1 aromatic rings. The van der Waals surface area contributed by atoms with Gasteiger partial charge in [-0.1, -0.05) is 23.2 Å². The molecule has 0 spiro atoms. The number of nitrogens with one attached hydrogen (secondary N) is 1. The van der Waals surface area contributed by atoms with Crippen LogP contribution in [0.2, 0.25) is 0 Å². The van der Waals surface area contributed by atoms with Crippen LogP contribution in [0.15, 0.2) is 12.1 Å². The lowest BCUT2D eigenvalue weighted by Gasteiger charge is -2.06. The standard InChI is InChI=1S/C9H10Cl2N2O/c1-5-3-6(2)12-7(4-5)13-9(14)8(10)11/h3-4,8H,1-2H3,(H,12,13,14). The Bertz CT molecular complexity index is 332. The molecule has 0 atom stereocenters. The zero-order valence-electron chi connectivity index (χ0n) is 7.84. The first-order valence-electron chi connectivity index (χ1n) is 4.03. The first kappa shape index (κ1) is 11.3. The average Bonchev–Trinajstić information content (AvgIpc) is 2.01. The van der Waals surface area contributed by atoms with Crippen LogP contribution in [-0.4, -0.2) is 15.7 Å². The van der Waals surface area contributed by atoms with Crippen LogP contribution in [0.4, 0.5) is 5.82 Å². The maximum absolute atomic E-state index is 11.1. The monoisotopic (exact) mass is 232 g/mol. The highest BCUT2D eigenvalue weighted by molar-refractivity contribution is 6.54. The number of halogens is 2. The van der Waals surface area contributed by atoms with E-state index in [-0.39, 0.29) is 0 Å². The Kier molecular flexibility index (Phi) is 3.72. The number of amides is 1. The van der Waals surface area contributed by atoms with Crippen LogP contribution in [0.5, 0.6) is 0 Å². The fourth-order valence-electron chi connectivity index (χ4n) is 1.09. The molecule has 0 aliphatic heterocycles. The largest absolute Gasteiger partial charge is 0.308 e. The molecule has 1 amide bonds. The molecule has 0 fully saturated rings. The van der Waals surface area contributed by atoms with Gasteiger partial charge in [0, 0.05) is 5.69 Å². The molecule has 0 aliphatic rings. The Morgan fingerprint density at radius 1 is 1.43 bits per heavy atom. The van der Waals surface area contributed by atoms with Crippen LogP contribution in [0.25, 0.3) is 0 Å². The quantitative estimate of drug-likeness (QED) is 0.797. The number of anilines is 1. The lowest BCUT2D eigenvalue weighted by Crippen LogP contribution is -2.19. The minimum absolute atomic E-state index is 0.467. The molecule has 1 N–H and O–H groups in total. The zero-order valence-corrected chi connectivity index (χ0v) is 9.36. The van der Waals surface area contributed by atoms with Crippen molar-refractivity contribution in [2.24, 2.45) is 0 Å². The predicted molar refractivity (Wildman–Crippen MR) is 57.8 cm³/mol. The van der Waals surface area contributed by atoms with Gasteiger partial charge >= 0.3 is 0 Å². The molecule has 1 heterocycles. The van der Waals surface area contributed by atoms with E-state index >= 15 is 0 Å². The molecule has 0 radical (unpaired) electrons. The lowest BCUT2D eigenvalue weighted by molar-refractivity contribution is -0.114. The SMILES string of the molecule is Cc1cc(C)nc(NC(=O)C(Cl)Cl)c1. The summed E-state index contributed by atoms with van der Waals surface area (Å²) in [6.07, 6.45) is 0. The molecule has 0 saturated carbocycles. The second-order valence-corrected chi connectivity index (χ2v) is 4.06. The minimum Gasteiger partial charge on any atom is -0.308 e. The Morgan fingerprint density at radius 2 is 2.07 bits per heavy atom. The van der Waals surface area contributed by atoms with Gasteiger partial charge in [0.15, 0.2) is 4.84 Å². The van der Waals surface area contributed by atoms with Crippen LogP contribution in [-0.2, 0) is 4.79 Å². The van der Waals surface area contributed by atoms with Gasteiger partial charge in [-0.15, -0.1) is 0 Å². The molecule has 0 saturated heterocycles. The van der Waals surface area contributed by atoms with Crippen molar-refractivity contribution in [2.45, 2.75) is 18.7 Å². The summed E-state index contributed by atoms with van der Waals surface area (Å²) >= 11 is 10.8. The second-order valence-electron chi connectivity index (χ2n) is 2.96. The van der Waals surface area contributed by atoms with Gasteiger partial charge in [0.25, 0.3) is 5.91 Å². The van der Waals surface area contributed by atoms with E-state index in [0.29, 0.717) is 5.82 Å². The minimum atomic E-state index is -1.07. The van der Waals surface area contributed by atoms with E-state index in [9.17, 15) is 4.79 Å². The van der Waals surface area contributed by atoms with E-state index < -0.39 is 10.7 Å². The van der Waals surface area contributed by atoms with Crippen molar-refractivity contribution in [3.63, 3.8) is 0 Å². The number of carbonyl (C=O) groups excluding carboxylic acids is 1. The summed E-state index contributed by atoms with van der Waals surface area (Å²) in [5.74, 6) is 0.00429. The first-order valence-corrected chi connectivity index (χ1v) is 4.90. The van der Waals surface area contributed by atoms with Crippen LogP contribution in [0.3, 0.4) is 0 Å². The molecule has 0 aromatic carbocycles. The zero-order chi connectivity index (χ0) is 10.7. The number of carbonyl (C=O) groups is 1. The van der Waals surface area contributed by atoms with Gasteiger partial charge in [0.2, 0.25) is 0 Å². The highest BCUT2D eigenvalue weighted by Gasteiger charge is 2.11. The Balaban J connectivity index is 2.82. The predicted octanol–water partition coefficient (Wildman–Crippen LogP) is 2.44. The summed E-state index contributed by atoms with van der Waals surface area (Å²) in [5, 5.41) is 2.51. The van der Waals surface area contributed by atoms with Crippen molar-refractivity contribution in [3.8, 4) is 0 Å².